The van der Waals surface area contributed by atoms with Crippen molar-refractivity contribution in [1.82, 2.24) is 0 Å². The molecule has 1 atom stereocenters. The number of thioether (sulfide) groups is 1. The lowest BCUT2D eigenvalue weighted by atomic mass is 10.1. The first kappa shape index (κ1) is 15.9. The number of benzene rings is 1. The van der Waals surface area contributed by atoms with Gasteiger partial charge in [-0.05, 0) is 12.0 Å². The number of nitro groups is 2. The first-order valence-corrected chi connectivity index (χ1v) is 6.44. The minimum atomic E-state index is -1.09. The molecular weight excluding hydrogens is 288 g/mol. The Morgan fingerprint density at radius 3 is 2.25 bits per heavy atom. The summed E-state index contributed by atoms with van der Waals surface area (Å²) in [5.41, 5.74) is -0.867. The van der Waals surface area contributed by atoms with E-state index in [0.29, 0.717) is 0 Å². The van der Waals surface area contributed by atoms with Gasteiger partial charge >= 0.3 is 5.97 Å². The minimum absolute atomic E-state index is 0.0988. The summed E-state index contributed by atoms with van der Waals surface area (Å²) in [6, 6.07) is 3.16. The molecule has 0 aromatic heterocycles. The molecule has 9 heteroatoms. The summed E-state index contributed by atoms with van der Waals surface area (Å²) in [5, 5.41) is 29.8. The lowest BCUT2D eigenvalue weighted by Gasteiger charge is -2.15. The largest absolute Gasteiger partial charge is 0.480 e. The second-order valence-electron chi connectivity index (χ2n) is 4.29. The van der Waals surface area contributed by atoms with Crippen molar-refractivity contribution in [2.45, 2.75) is 24.0 Å². The molecule has 8 nitrogen and oxygen atoms in total. The van der Waals surface area contributed by atoms with E-state index in [1.807, 2.05) is 0 Å². The topological polar surface area (TPSA) is 124 Å². The Morgan fingerprint density at radius 1 is 1.25 bits per heavy atom. The third kappa shape index (κ3) is 3.67. The zero-order valence-electron chi connectivity index (χ0n) is 10.7. The van der Waals surface area contributed by atoms with E-state index in [-0.39, 0.29) is 10.8 Å². The van der Waals surface area contributed by atoms with Gasteiger partial charge in [0.2, 0.25) is 0 Å². The highest BCUT2D eigenvalue weighted by Crippen LogP contribution is 2.36. The molecule has 0 saturated heterocycles. The normalized spacial score (nSPS) is 12.2. The summed E-state index contributed by atoms with van der Waals surface area (Å²) in [4.78, 5) is 31.3. The predicted molar refractivity (Wildman–Crippen MR) is 71.9 cm³/mol. The molecule has 0 saturated carbocycles. The van der Waals surface area contributed by atoms with Crippen LogP contribution in [0.5, 0.6) is 0 Å². The molecule has 0 amide bonds. The zero-order chi connectivity index (χ0) is 15.4. The maximum Gasteiger partial charge on any atom is 0.317 e. The fourth-order valence-electron chi connectivity index (χ4n) is 1.47. The number of aliphatic carboxylic acids is 1. The van der Waals surface area contributed by atoms with Crippen molar-refractivity contribution in [1.29, 1.82) is 0 Å². The number of carboxylic acid groups (broad SMARTS) is 1. The molecule has 108 valence electrons. The van der Waals surface area contributed by atoms with E-state index in [0.717, 1.165) is 23.9 Å². The van der Waals surface area contributed by atoms with Gasteiger partial charge in [0.1, 0.15) is 5.25 Å². The van der Waals surface area contributed by atoms with Gasteiger partial charge < -0.3 is 5.11 Å². The number of hydrogen-bond donors (Lipinski definition) is 1. The van der Waals surface area contributed by atoms with Crippen molar-refractivity contribution in [2.24, 2.45) is 5.92 Å². The van der Waals surface area contributed by atoms with Crippen LogP contribution in [0.4, 0.5) is 11.4 Å². The van der Waals surface area contributed by atoms with E-state index in [1.54, 1.807) is 13.8 Å². The van der Waals surface area contributed by atoms with Crippen molar-refractivity contribution < 1.29 is 19.7 Å². The van der Waals surface area contributed by atoms with E-state index < -0.39 is 32.4 Å². The van der Waals surface area contributed by atoms with E-state index in [9.17, 15) is 25.0 Å². The molecule has 1 rings (SSSR count). The van der Waals surface area contributed by atoms with Crippen LogP contribution >= 0.6 is 11.8 Å². The van der Waals surface area contributed by atoms with Gasteiger partial charge in [-0.2, -0.15) is 0 Å². The predicted octanol–water partition coefficient (Wildman–Crippen LogP) is 2.70. The van der Waals surface area contributed by atoms with Crippen molar-refractivity contribution in [2.75, 3.05) is 0 Å². The highest BCUT2D eigenvalue weighted by Gasteiger charge is 2.28. The van der Waals surface area contributed by atoms with Crippen LogP contribution in [-0.2, 0) is 4.79 Å². The Labute approximate surface area is 118 Å². The Hall–Kier alpha value is -2.16. The van der Waals surface area contributed by atoms with Gasteiger partial charge in [-0.1, -0.05) is 13.8 Å². The number of hydrogen-bond acceptors (Lipinski definition) is 6. The molecule has 1 aromatic rings. The number of carbonyl (C=O) groups is 1. The number of carboxylic acids is 1. The Bertz CT molecular complexity index is 560. The lowest BCUT2D eigenvalue weighted by molar-refractivity contribution is -0.396. The fourth-order valence-corrected chi connectivity index (χ4v) is 2.52. The molecule has 1 unspecified atom stereocenters. The van der Waals surface area contributed by atoms with Gasteiger partial charge in [-0.25, -0.2) is 0 Å². The summed E-state index contributed by atoms with van der Waals surface area (Å²) in [6.45, 7) is 3.37. The Morgan fingerprint density at radius 2 is 1.85 bits per heavy atom. The molecule has 0 bridgehead atoms. The summed E-state index contributed by atoms with van der Waals surface area (Å²) >= 11 is 0.816. The Balaban J connectivity index is 3.20. The molecule has 20 heavy (non-hydrogen) atoms. The number of nitrogens with zero attached hydrogens (tertiary/aromatic N) is 2. The van der Waals surface area contributed by atoms with Crippen molar-refractivity contribution in [3.8, 4) is 0 Å². The summed E-state index contributed by atoms with van der Waals surface area (Å²) in [6.07, 6.45) is 0. The molecule has 0 aliphatic carbocycles. The van der Waals surface area contributed by atoms with Crippen LogP contribution in [0.15, 0.2) is 23.1 Å². The first-order chi connectivity index (χ1) is 9.23. The molecule has 1 N–H and O–H groups in total. The second-order valence-corrected chi connectivity index (χ2v) is 5.47. The van der Waals surface area contributed by atoms with Crippen molar-refractivity contribution in [3.63, 3.8) is 0 Å². The molecular formula is C11H12N2O6S. The zero-order valence-corrected chi connectivity index (χ0v) is 11.5. The maximum atomic E-state index is 11.1. The molecule has 0 aliphatic rings. The van der Waals surface area contributed by atoms with Crippen LogP contribution in [0.1, 0.15) is 13.8 Å². The monoisotopic (exact) mass is 300 g/mol. The van der Waals surface area contributed by atoms with Crippen LogP contribution in [0.2, 0.25) is 0 Å². The highest BCUT2D eigenvalue weighted by atomic mass is 32.2. The van der Waals surface area contributed by atoms with Crippen LogP contribution in [-0.4, -0.2) is 26.2 Å². The van der Waals surface area contributed by atoms with Gasteiger partial charge in [0.25, 0.3) is 11.4 Å². The smallest absolute Gasteiger partial charge is 0.317 e. The summed E-state index contributed by atoms with van der Waals surface area (Å²) in [5.74, 6) is -1.33. The second kappa shape index (κ2) is 6.33. The van der Waals surface area contributed by atoms with E-state index in [4.69, 9.17) is 5.11 Å². The van der Waals surface area contributed by atoms with Crippen LogP contribution < -0.4 is 0 Å². The summed E-state index contributed by atoms with van der Waals surface area (Å²) < 4.78 is 0. The number of rotatable bonds is 6. The number of non-ortho nitro benzene ring substituents is 1. The molecule has 0 fully saturated rings. The SMILES string of the molecule is CC(C)C(Sc1ccc([N+](=O)[O-])cc1[N+](=O)[O-])C(=O)O. The molecule has 1 aromatic carbocycles. The quantitative estimate of drug-likeness (QED) is 0.486. The van der Waals surface area contributed by atoms with Gasteiger partial charge in [-0.15, -0.1) is 11.8 Å². The van der Waals surface area contributed by atoms with Crippen molar-refractivity contribution >= 4 is 29.1 Å². The van der Waals surface area contributed by atoms with E-state index >= 15 is 0 Å². The average Bonchev–Trinajstić information content (AvgIpc) is 2.34. The van der Waals surface area contributed by atoms with E-state index in [2.05, 4.69) is 0 Å². The highest BCUT2D eigenvalue weighted by molar-refractivity contribution is 8.00. The fraction of sp³-hybridized carbons (Fsp3) is 0.364. The molecule has 0 heterocycles. The molecule has 0 spiro atoms. The van der Waals surface area contributed by atoms with Gasteiger partial charge in [0.05, 0.1) is 20.8 Å². The minimum Gasteiger partial charge on any atom is -0.480 e. The maximum absolute atomic E-state index is 11.1. The first-order valence-electron chi connectivity index (χ1n) is 5.56. The molecule has 0 aliphatic heterocycles. The van der Waals surface area contributed by atoms with Crippen LogP contribution in [0.25, 0.3) is 0 Å². The van der Waals surface area contributed by atoms with Gasteiger partial charge in [-0.3, -0.25) is 25.0 Å². The third-order valence-electron chi connectivity index (χ3n) is 2.45. The lowest BCUT2D eigenvalue weighted by Crippen LogP contribution is -2.22. The standard InChI is InChI=1S/C11H12N2O6S/c1-6(2)10(11(14)15)20-9-4-3-7(12(16)17)5-8(9)13(18)19/h3-6,10H,1-2H3,(H,14,15). The molecule has 0 radical (unpaired) electrons. The Kier molecular flexibility index (Phi) is 5.03. The average molecular weight is 300 g/mol. The van der Waals surface area contributed by atoms with Gasteiger partial charge in [0, 0.05) is 6.07 Å². The van der Waals surface area contributed by atoms with E-state index in [1.165, 1.54) is 6.07 Å². The van der Waals surface area contributed by atoms with Crippen molar-refractivity contribution in [3.05, 3.63) is 38.4 Å². The van der Waals surface area contributed by atoms with Crippen LogP contribution in [0, 0.1) is 26.1 Å². The van der Waals surface area contributed by atoms with Crippen LogP contribution in [0.3, 0.4) is 0 Å². The summed E-state index contributed by atoms with van der Waals surface area (Å²) in [7, 11) is 0. The number of nitro benzene ring substituents is 2. The third-order valence-corrected chi connectivity index (χ3v) is 4.05. The van der Waals surface area contributed by atoms with Gasteiger partial charge in [0.15, 0.2) is 0 Å².